The Labute approximate surface area is 95.4 Å². The molecule has 86 valence electrons. The molecule has 0 aromatic carbocycles. The van der Waals surface area contributed by atoms with E-state index >= 15 is 0 Å². The normalized spacial score (nSPS) is 16.4. The highest BCUT2D eigenvalue weighted by Gasteiger charge is 2.30. The zero-order valence-corrected chi connectivity index (χ0v) is 10.9. The van der Waals surface area contributed by atoms with Crippen LogP contribution in [0.2, 0.25) is 0 Å². The standard InChI is InChI=1S/C10H20N4S/c1-6(11)8(10(3,4)5)15-9-12-7(2)13-14-9/h6,8H,11H2,1-5H3,(H,12,13,14). The van der Waals surface area contributed by atoms with Gasteiger partial charge in [0, 0.05) is 11.3 Å². The SMILES string of the molecule is Cc1nc(SC(C(C)N)C(C)(C)C)n[nH]1. The largest absolute Gasteiger partial charge is 0.327 e. The number of thioether (sulfide) groups is 1. The van der Waals surface area contributed by atoms with E-state index in [-0.39, 0.29) is 11.5 Å². The second-order valence-electron chi connectivity index (χ2n) is 4.97. The summed E-state index contributed by atoms with van der Waals surface area (Å²) in [5, 5.41) is 8.06. The summed E-state index contributed by atoms with van der Waals surface area (Å²) in [5.41, 5.74) is 6.14. The lowest BCUT2D eigenvalue weighted by atomic mass is 9.88. The van der Waals surface area contributed by atoms with Crippen LogP contribution in [0.3, 0.4) is 0 Å². The minimum atomic E-state index is 0.119. The maximum absolute atomic E-state index is 5.99. The molecule has 0 saturated carbocycles. The van der Waals surface area contributed by atoms with Gasteiger partial charge in [0.05, 0.1) is 0 Å². The third-order valence-electron chi connectivity index (χ3n) is 2.14. The Bertz CT molecular complexity index is 313. The van der Waals surface area contributed by atoms with E-state index in [9.17, 15) is 0 Å². The molecule has 2 atom stereocenters. The maximum atomic E-state index is 5.99. The molecular formula is C10H20N4S. The zero-order valence-electron chi connectivity index (χ0n) is 10.0. The van der Waals surface area contributed by atoms with Crippen molar-refractivity contribution in [1.29, 1.82) is 0 Å². The molecule has 2 unspecified atom stereocenters. The summed E-state index contributed by atoms with van der Waals surface area (Å²) in [5.74, 6) is 0.842. The van der Waals surface area contributed by atoms with Gasteiger partial charge >= 0.3 is 0 Å². The average Bonchev–Trinajstić information content (AvgIpc) is 2.44. The Morgan fingerprint density at radius 2 is 2.00 bits per heavy atom. The summed E-state index contributed by atoms with van der Waals surface area (Å²) in [6, 6.07) is 0.119. The van der Waals surface area contributed by atoms with Crippen molar-refractivity contribution in [1.82, 2.24) is 15.2 Å². The monoisotopic (exact) mass is 228 g/mol. The number of aromatic amines is 1. The fourth-order valence-corrected chi connectivity index (χ4v) is 2.64. The van der Waals surface area contributed by atoms with Crippen molar-refractivity contribution in [2.45, 2.75) is 51.1 Å². The molecule has 5 heteroatoms. The first-order valence-electron chi connectivity index (χ1n) is 5.12. The number of nitrogens with two attached hydrogens (primary N) is 1. The molecule has 1 rings (SSSR count). The summed E-state index contributed by atoms with van der Waals surface area (Å²) >= 11 is 1.65. The van der Waals surface area contributed by atoms with Crippen molar-refractivity contribution in [3.05, 3.63) is 5.82 Å². The number of aromatic nitrogens is 3. The molecule has 15 heavy (non-hydrogen) atoms. The van der Waals surface area contributed by atoms with E-state index in [4.69, 9.17) is 5.73 Å². The minimum Gasteiger partial charge on any atom is -0.327 e. The van der Waals surface area contributed by atoms with Crippen LogP contribution < -0.4 is 5.73 Å². The molecule has 1 aromatic rings. The molecule has 1 heterocycles. The predicted octanol–water partition coefficient (Wildman–Crippen LogP) is 1.97. The van der Waals surface area contributed by atoms with Crippen molar-refractivity contribution in [3.8, 4) is 0 Å². The van der Waals surface area contributed by atoms with Gasteiger partial charge in [0.2, 0.25) is 5.16 Å². The topological polar surface area (TPSA) is 67.6 Å². The van der Waals surface area contributed by atoms with Gasteiger partial charge in [-0.25, -0.2) is 4.98 Å². The van der Waals surface area contributed by atoms with E-state index in [1.54, 1.807) is 11.8 Å². The second-order valence-corrected chi connectivity index (χ2v) is 6.08. The average molecular weight is 228 g/mol. The van der Waals surface area contributed by atoms with Crippen molar-refractivity contribution >= 4 is 11.8 Å². The second kappa shape index (κ2) is 4.53. The molecule has 0 bridgehead atoms. The van der Waals surface area contributed by atoms with Gasteiger partial charge in [-0.1, -0.05) is 32.5 Å². The molecule has 0 aliphatic carbocycles. The number of H-pyrrole nitrogens is 1. The van der Waals surface area contributed by atoms with Gasteiger partial charge in [0.25, 0.3) is 0 Å². The highest BCUT2D eigenvalue weighted by molar-refractivity contribution is 7.99. The molecule has 0 fully saturated rings. The van der Waals surface area contributed by atoms with Crippen molar-refractivity contribution in [2.75, 3.05) is 0 Å². The fourth-order valence-electron chi connectivity index (χ4n) is 1.56. The van der Waals surface area contributed by atoms with E-state index in [0.717, 1.165) is 11.0 Å². The summed E-state index contributed by atoms with van der Waals surface area (Å²) in [7, 11) is 0. The van der Waals surface area contributed by atoms with Gasteiger partial charge in [-0.05, 0) is 19.3 Å². The molecule has 0 aliphatic rings. The van der Waals surface area contributed by atoms with Crippen molar-refractivity contribution < 1.29 is 0 Å². The highest BCUT2D eigenvalue weighted by atomic mass is 32.2. The van der Waals surface area contributed by atoms with E-state index in [1.165, 1.54) is 0 Å². The number of hydrogen-bond acceptors (Lipinski definition) is 4. The van der Waals surface area contributed by atoms with Crippen LogP contribution in [0.25, 0.3) is 0 Å². The van der Waals surface area contributed by atoms with Crippen LogP contribution in [0.5, 0.6) is 0 Å². The number of aryl methyl sites for hydroxylation is 1. The van der Waals surface area contributed by atoms with Gasteiger partial charge in [0.1, 0.15) is 5.82 Å². The molecular weight excluding hydrogens is 208 g/mol. The Hall–Kier alpha value is -0.550. The van der Waals surface area contributed by atoms with E-state index in [0.29, 0.717) is 5.25 Å². The molecule has 4 nitrogen and oxygen atoms in total. The van der Waals surface area contributed by atoms with Crippen molar-refractivity contribution in [3.63, 3.8) is 0 Å². The van der Waals surface area contributed by atoms with Gasteiger partial charge in [-0.15, -0.1) is 5.10 Å². The van der Waals surface area contributed by atoms with E-state index < -0.39 is 0 Å². The van der Waals surface area contributed by atoms with Crippen LogP contribution in [0.15, 0.2) is 5.16 Å². The summed E-state index contributed by atoms with van der Waals surface area (Å²) < 4.78 is 0. The minimum absolute atomic E-state index is 0.119. The molecule has 0 aliphatic heterocycles. The highest BCUT2D eigenvalue weighted by Crippen LogP contribution is 2.35. The summed E-state index contributed by atoms with van der Waals surface area (Å²) in [6.45, 7) is 10.5. The summed E-state index contributed by atoms with van der Waals surface area (Å²) in [4.78, 5) is 4.29. The first-order chi connectivity index (χ1) is 6.80. The smallest absolute Gasteiger partial charge is 0.208 e. The lowest BCUT2D eigenvalue weighted by Gasteiger charge is -2.32. The Morgan fingerprint density at radius 3 is 2.33 bits per heavy atom. The Morgan fingerprint density at radius 1 is 1.40 bits per heavy atom. The lowest BCUT2D eigenvalue weighted by Crippen LogP contribution is -2.39. The predicted molar refractivity (Wildman–Crippen MR) is 63.9 cm³/mol. The van der Waals surface area contributed by atoms with Gasteiger partial charge in [-0.2, -0.15) is 0 Å². The molecule has 0 radical (unpaired) electrons. The van der Waals surface area contributed by atoms with Gasteiger partial charge in [-0.3, -0.25) is 5.10 Å². The van der Waals surface area contributed by atoms with Crippen LogP contribution in [0.1, 0.15) is 33.5 Å². The Balaban J connectivity index is 2.76. The molecule has 0 amide bonds. The van der Waals surface area contributed by atoms with Crippen LogP contribution in [-0.4, -0.2) is 26.5 Å². The van der Waals surface area contributed by atoms with Crippen LogP contribution >= 0.6 is 11.8 Å². The van der Waals surface area contributed by atoms with Gasteiger partial charge < -0.3 is 5.73 Å². The van der Waals surface area contributed by atoms with Crippen molar-refractivity contribution in [2.24, 2.45) is 11.1 Å². The molecule has 3 N–H and O–H groups in total. The first-order valence-corrected chi connectivity index (χ1v) is 6.00. The van der Waals surface area contributed by atoms with E-state index in [2.05, 4.69) is 36.0 Å². The quantitative estimate of drug-likeness (QED) is 0.776. The van der Waals surface area contributed by atoms with Crippen LogP contribution in [-0.2, 0) is 0 Å². The number of nitrogens with zero attached hydrogens (tertiary/aromatic N) is 2. The third kappa shape index (κ3) is 3.50. The lowest BCUT2D eigenvalue weighted by molar-refractivity contribution is 0.363. The summed E-state index contributed by atoms with van der Waals surface area (Å²) in [6.07, 6.45) is 0. The van der Waals surface area contributed by atoms with Gasteiger partial charge in [0.15, 0.2) is 0 Å². The molecule has 0 spiro atoms. The number of nitrogens with one attached hydrogen (secondary N) is 1. The third-order valence-corrected chi connectivity index (χ3v) is 3.92. The molecule has 1 aromatic heterocycles. The Kier molecular flexibility index (Phi) is 3.78. The van der Waals surface area contributed by atoms with Crippen LogP contribution in [0, 0.1) is 12.3 Å². The number of rotatable bonds is 3. The fraction of sp³-hybridized carbons (Fsp3) is 0.800. The number of hydrogen-bond donors (Lipinski definition) is 2. The van der Waals surface area contributed by atoms with E-state index in [1.807, 2.05) is 13.8 Å². The zero-order chi connectivity index (χ0) is 11.6. The van der Waals surface area contributed by atoms with Crippen LogP contribution in [0.4, 0.5) is 0 Å². The molecule has 0 saturated heterocycles. The maximum Gasteiger partial charge on any atom is 0.208 e. The first kappa shape index (κ1) is 12.5.